The molecule has 1 aromatic heterocycles. The van der Waals surface area contributed by atoms with Crippen LogP contribution in [0.4, 0.5) is 0 Å². The second kappa shape index (κ2) is 7.88. The minimum Gasteiger partial charge on any atom is -0.318 e. The van der Waals surface area contributed by atoms with Gasteiger partial charge in [-0.15, -0.1) is 5.10 Å². The first-order chi connectivity index (χ1) is 14.6. The van der Waals surface area contributed by atoms with Crippen molar-refractivity contribution in [3.05, 3.63) is 57.3 Å². The fourth-order valence-corrected chi connectivity index (χ4v) is 5.73. The molecule has 0 saturated carbocycles. The number of amides is 1. The summed E-state index contributed by atoms with van der Waals surface area (Å²) in [7, 11) is -3.56. The Morgan fingerprint density at radius 1 is 1.23 bits per heavy atom. The molecule has 0 saturated heterocycles. The Morgan fingerprint density at radius 2 is 1.90 bits per heavy atom. The van der Waals surface area contributed by atoms with Crippen molar-refractivity contribution in [3.63, 3.8) is 0 Å². The number of thioether (sulfide) groups is 1. The van der Waals surface area contributed by atoms with Crippen LogP contribution in [-0.4, -0.2) is 45.0 Å². The van der Waals surface area contributed by atoms with Crippen molar-refractivity contribution in [1.29, 1.82) is 5.41 Å². The maximum atomic E-state index is 12.6. The summed E-state index contributed by atoms with van der Waals surface area (Å²) in [6, 6.07) is 9.80. The third-order valence-corrected chi connectivity index (χ3v) is 8.55. The Bertz CT molecular complexity index is 1320. The van der Waals surface area contributed by atoms with Crippen LogP contribution in [0.2, 0.25) is 0 Å². The van der Waals surface area contributed by atoms with Gasteiger partial charge >= 0.3 is 0 Å². The number of sulfone groups is 1. The minimum absolute atomic E-state index is 0.0549. The number of benzene rings is 1. The zero-order valence-corrected chi connectivity index (χ0v) is 20.1. The lowest BCUT2D eigenvalue weighted by atomic mass is 10.1. The van der Waals surface area contributed by atoms with Crippen LogP contribution >= 0.6 is 27.7 Å². The molecule has 8 nitrogen and oxygen atoms in total. The summed E-state index contributed by atoms with van der Waals surface area (Å²) in [4.78, 5) is 16.6. The first kappa shape index (κ1) is 21.7. The molecule has 2 aliphatic rings. The van der Waals surface area contributed by atoms with E-state index < -0.39 is 15.7 Å². The summed E-state index contributed by atoms with van der Waals surface area (Å²) in [5.74, 6) is -0.911. The first-order valence-corrected chi connectivity index (χ1v) is 12.6. The third-order valence-electron chi connectivity index (χ3n) is 4.94. The number of rotatable bonds is 3. The molecule has 31 heavy (non-hydrogen) atoms. The number of nitrogens with one attached hydrogen (secondary N) is 1. The number of carbonyl (C=O) groups excluding carboxylic acids is 1. The van der Waals surface area contributed by atoms with Gasteiger partial charge in [-0.1, -0.05) is 22.9 Å². The molecule has 11 heteroatoms. The number of carbonyl (C=O) groups is 1. The number of aromatic nitrogens is 1. The van der Waals surface area contributed by atoms with Crippen molar-refractivity contribution in [2.75, 3.05) is 5.75 Å². The molecule has 0 spiro atoms. The maximum Gasteiger partial charge on any atom is 0.283 e. The molecule has 1 aromatic carbocycles. The van der Waals surface area contributed by atoms with Crippen molar-refractivity contribution in [3.8, 4) is 5.69 Å². The van der Waals surface area contributed by atoms with E-state index in [0.717, 1.165) is 43.9 Å². The molecule has 1 N–H and O–H groups in total. The molecule has 0 radical (unpaired) electrons. The summed E-state index contributed by atoms with van der Waals surface area (Å²) >= 11 is 4.23. The number of fused-ring (bicyclic) bond motifs is 1. The van der Waals surface area contributed by atoms with Gasteiger partial charge in [-0.3, -0.25) is 10.2 Å². The molecule has 0 unspecified atom stereocenters. The summed E-state index contributed by atoms with van der Waals surface area (Å²) < 4.78 is 27.2. The summed E-state index contributed by atoms with van der Waals surface area (Å²) in [6.07, 6.45) is 1.61. The Balaban J connectivity index is 1.74. The molecule has 0 atom stereocenters. The fraction of sp³-hybridized carbons (Fsp3) is 0.200. The molecule has 0 fully saturated rings. The fourth-order valence-electron chi connectivity index (χ4n) is 3.30. The van der Waals surface area contributed by atoms with Crippen LogP contribution < -0.4 is 0 Å². The topological polar surface area (TPSA) is 108 Å². The number of aliphatic imine (C=N–C) groups is 1. The molecular formula is C20H18BrN5O3S2. The number of hydrogen-bond donors (Lipinski definition) is 1. The summed E-state index contributed by atoms with van der Waals surface area (Å²) in [6.45, 7) is 5.41. The van der Waals surface area contributed by atoms with Gasteiger partial charge in [0, 0.05) is 21.5 Å². The largest absolute Gasteiger partial charge is 0.318 e. The smallest absolute Gasteiger partial charge is 0.283 e. The van der Waals surface area contributed by atoms with Gasteiger partial charge in [-0.25, -0.2) is 8.42 Å². The van der Waals surface area contributed by atoms with E-state index >= 15 is 0 Å². The van der Waals surface area contributed by atoms with Crippen LogP contribution in [-0.2, 0) is 14.6 Å². The summed E-state index contributed by atoms with van der Waals surface area (Å²) in [5.41, 5.74) is 3.67. The molecule has 2 aliphatic heterocycles. The van der Waals surface area contributed by atoms with Gasteiger partial charge in [-0.05, 0) is 67.6 Å². The number of aryl methyl sites for hydroxylation is 1. The van der Waals surface area contributed by atoms with Crippen LogP contribution in [0, 0.1) is 19.3 Å². The monoisotopic (exact) mass is 519 g/mol. The number of nitrogens with zero attached hydrogens (tertiary/aromatic N) is 4. The van der Waals surface area contributed by atoms with E-state index in [4.69, 9.17) is 5.41 Å². The molecular weight excluding hydrogens is 502 g/mol. The zero-order chi connectivity index (χ0) is 22.5. The van der Waals surface area contributed by atoms with E-state index in [2.05, 4.69) is 30.6 Å². The van der Waals surface area contributed by atoms with Crippen molar-refractivity contribution < 1.29 is 13.2 Å². The van der Waals surface area contributed by atoms with Gasteiger partial charge in [0.15, 0.2) is 5.84 Å². The van der Waals surface area contributed by atoms with E-state index in [9.17, 15) is 13.2 Å². The highest BCUT2D eigenvalue weighted by Crippen LogP contribution is 2.31. The second-order valence-corrected chi connectivity index (χ2v) is 11.3. The lowest BCUT2D eigenvalue weighted by Crippen LogP contribution is -2.35. The SMILES string of the molecule is CCS(=O)(=O)C1=NN2C(=N)/C(=C\c3cc(C)n(-c4ccc(Br)cc4)c3C)C(=O)N=C2S1. The maximum absolute atomic E-state index is 12.6. The minimum atomic E-state index is -3.56. The Kier molecular flexibility index (Phi) is 5.52. The molecule has 2 aromatic rings. The molecule has 0 bridgehead atoms. The van der Waals surface area contributed by atoms with E-state index in [1.807, 2.05) is 44.2 Å². The van der Waals surface area contributed by atoms with Crippen LogP contribution in [0.1, 0.15) is 23.9 Å². The Labute approximate surface area is 192 Å². The second-order valence-electron chi connectivity index (χ2n) is 6.93. The van der Waals surface area contributed by atoms with Gasteiger partial charge in [0.25, 0.3) is 5.91 Å². The highest BCUT2D eigenvalue weighted by Gasteiger charge is 2.39. The highest BCUT2D eigenvalue weighted by molar-refractivity contribution is 9.10. The molecule has 160 valence electrons. The predicted octanol–water partition coefficient (Wildman–Crippen LogP) is 3.87. The van der Waals surface area contributed by atoms with E-state index in [0.29, 0.717) is 0 Å². The van der Waals surface area contributed by atoms with Crippen molar-refractivity contribution in [1.82, 2.24) is 9.58 Å². The lowest BCUT2D eigenvalue weighted by Gasteiger charge is -2.20. The van der Waals surface area contributed by atoms with Gasteiger partial charge in [0.2, 0.25) is 19.4 Å². The predicted molar refractivity (Wildman–Crippen MR) is 127 cm³/mol. The third kappa shape index (κ3) is 3.81. The standard InChI is InChI=1S/C20H18BrN5O3S2/c1-4-31(28,29)20-24-26-17(22)16(18(27)23-19(26)30-20)10-13-9-11(2)25(12(13)3)15-7-5-14(21)6-8-15/h5-10,22H,4H2,1-3H3/b16-10+,22-17?. The van der Waals surface area contributed by atoms with Crippen molar-refractivity contribution in [2.45, 2.75) is 20.8 Å². The lowest BCUT2D eigenvalue weighted by molar-refractivity contribution is -0.114. The van der Waals surface area contributed by atoms with E-state index in [1.54, 1.807) is 6.08 Å². The number of halogens is 1. The van der Waals surface area contributed by atoms with E-state index in [-0.39, 0.29) is 26.7 Å². The Morgan fingerprint density at radius 3 is 2.55 bits per heavy atom. The van der Waals surface area contributed by atoms with Gasteiger partial charge in [0.1, 0.15) is 0 Å². The van der Waals surface area contributed by atoms with Crippen LogP contribution in [0.15, 0.2) is 50.5 Å². The highest BCUT2D eigenvalue weighted by atomic mass is 79.9. The van der Waals surface area contributed by atoms with Gasteiger partial charge < -0.3 is 4.57 Å². The molecule has 1 amide bonds. The van der Waals surface area contributed by atoms with E-state index in [1.165, 1.54) is 6.92 Å². The molecule has 4 rings (SSSR count). The average molecular weight is 520 g/mol. The van der Waals surface area contributed by atoms with Crippen LogP contribution in [0.25, 0.3) is 11.8 Å². The molecule has 0 aliphatic carbocycles. The van der Waals surface area contributed by atoms with Gasteiger partial charge in [0.05, 0.1) is 11.3 Å². The molecule has 3 heterocycles. The van der Waals surface area contributed by atoms with Crippen molar-refractivity contribution in [2.24, 2.45) is 10.1 Å². The van der Waals surface area contributed by atoms with Crippen molar-refractivity contribution >= 4 is 64.9 Å². The number of hydrogen-bond acceptors (Lipinski definition) is 6. The first-order valence-electron chi connectivity index (χ1n) is 9.30. The van der Waals surface area contributed by atoms with Crippen LogP contribution in [0.5, 0.6) is 0 Å². The number of amidine groups is 2. The normalized spacial score (nSPS) is 17.8. The van der Waals surface area contributed by atoms with Gasteiger partial charge in [-0.2, -0.15) is 10.0 Å². The average Bonchev–Trinajstić information content (AvgIpc) is 3.27. The van der Waals surface area contributed by atoms with Crippen LogP contribution in [0.3, 0.4) is 0 Å². The summed E-state index contributed by atoms with van der Waals surface area (Å²) in [5, 5.41) is 13.7. The Hall–Kier alpha value is -2.50. The quantitative estimate of drug-likeness (QED) is 0.619. The zero-order valence-electron chi connectivity index (χ0n) is 16.9. The number of hydrazone groups is 1.